The summed E-state index contributed by atoms with van der Waals surface area (Å²) in [5.41, 5.74) is 17.1. The third-order valence-electron chi connectivity index (χ3n) is 7.82. The number of primary amides is 1. The Bertz CT molecular complexity index is 1440. The Labute approximate surface area is 305 Å². The second kappa shape index (κ2) is 23.8. The first-order valence-electron chi connectivity index (χ1n) is 16.9. The first-order chi connectivity index (χ1) is 24.9. The van der Waals surface area contributed by atoms with E-state index in [1.165, 1.54) is 6.92 Å². The third kappa shape index (κ3) is 18.4. The molecule has 6 amide bonds. The van der Waals surface area contributed by atoms with Crippen molar-refractivity contribution in [1.82, 2.24) is 26.6 Å². The Morgan fingerprint density at radius 3 is 1.53 bits per heavy atom. The zero-order valence-corrected chi connectivity index (χ0v) is 29.4. The summed E-state index contributed by atoms with van der Waals surface area (Å²) in [4.78, 5) is 112. The smallest absolute Gasteiger partial charge is 0.325 e. The lowest BCUT2D eigenvalue weighted by Gasteiger charge is -2.27. The minimum atomic E-state index is -1.50. The van der Waals surface area contributed by atoms with Gasteiger partial charge in [-0.15, -0.1) is 0 Å². The van der Waals surface area contributed by atoms with Crippen LogP contribution >= 0.6 is 0 Å². The van der Waals surface area contributed by atoms with Crippen molar-refractivity contribution in [1.29, 1.82) is 0 Å². The number of carbonyl (C=O) groups is 9. The summed E-state index contributed by atoms with van der Waals surface area (Å²) < 4.78 is 0. The van der Waals surface area contributed by atoms with Crippen molar-refractivity contribution in [2.24, 2.45) is 17.2 Å². The summed E-state index contributed by atoms with van der Waals surface area (Å²) in [6.45, 7) is 1.41. The van der Waals surface area contributed by atoms with Crippen LogP contribution in [0.15, 0.2) is 30.3 Å². The molecule has 20 nitrogen and oxygen atoms in total. The molecule has 0 saturated carbocycles. The molecule has 0 bridgehead atoms. The van der Waals surface area contributed by atoms with Crippen LogP contribution in [0.25, 0.3) is 0 Å². The summed E-state index contributed by atoms with van der Waals surface area (Å²) in [6, 6.07) is -0.0303. The van der Waals surface area contributed by atoms with Crippen LogP contribution in [-0.4, -0.2) is 111 Å². The maximum Gasteiger partial charge on any atom is 0.325 e. The number of benzene rings is 1. The fraction of sp³-hybridized carbons (Fsp3) is 0.545. The Kier molecular flexibility index (Phi) is 20.4. The van der Waals surface area contributed by atoms with Crippen molar-refractivity contribution in [2.45, 2.75) is 107 Å². The van der Waals surface area contributed by atoms with Crippen LogP contribution < -0.4 is 43.8 Å². The molecule has 0 radical (unpaired) electrons. The van der Waals surface area contributed by atoms with Gasteiger partial charge in [0.1, 0.15) is 30.2 Å². The third-order valence-corrected chi connectivity index (χ3v) is 7.82. The molecule has 0 aliphatic heterocycles. The molecule has 0 aliphatic carbocycles. The number of carboxylic acid groups (broad SMARTS) is 3. The lowest BCUT2D eigenvalue weighted by molar-refractivity contribution is -0.142. The lowest BCUT2D eigenvalue weighted by Crippen LogP contribution is -2.59. The van der Waals surface area contributed by atoms with Gasteiger partial charge in [0, 0.05) is 25.7 Å². The van der Waals surface area contributed by atoms with Crippen LogP contribution in [0.3, 0.4) is 0 Å². The number of aliphatic carboxylic acids is 3. The van der Waals surface area contributed by atoms with E-state index < -0.39 is 115 Å². The quantitative estimate of drug-likeness (QED) is 0.0427. The summed E-state index contributed by atoms with van der Waals surface area (Å²) in [5.74, 6) is -9.28. The van der Waals surface area contributed by atoms with Gasteiger partial charge < -0.3 is 59.1 Å². The molecule has 294 valence electrons. The van der Waals surface area contributed by atoms with Crippen LogP contribution in [0.4, 0.5) is 0 Å². The van der Waals surface area contributed by atoms with Crippen molar-refractivity contribution in [3.8, 4) is 0 Å². The molecule has 0 spiro atoms. The minimum absolute atomic E-state index is 0.0138. The number of amides is 6. The predicted octanol–water partition coefficient (Wildman–Crippen LogP) is -2.79. The van der Waals surface area contributed by atoms with Crippen LogP contribution in [-0.2, 0) is 49.6 Å². The number of carbonyl (C=O) groups excluding carboxylic acids is 6. The van der Waals surface area contributed by atoms with Gasteiger partial charge in [-0.1, -0.05) is 30.3 Å². The van der Waals surface area contributed by atoms with Crippen molar-refractivity contribution >= 4 is 53.4 Å². The fourth-order valence-corrected chi connectivity index (χ4v) is 4.79. The van der Waals surface area contributed by atoms with Crippen LogP contribution in [0, 0.1) is 0 Å². The van der Waals surface area contributed by atoms with Crippen LogP contribution in [0.2, 0.25) is 0 Å². The van der Waals surface area contributed by atoms with Crippen molar-refractivity contribution in [2.75, 3.05) is 6.54 Å². The average Bonchev–Trinajstić information content (AvgIpc) is 3.09. The molecule has 0 fully saturated rings. The molecule has 0 heterocycles. The first-order valence-corrected chi connectivity index (χ1v) is 16.9. The highest BCUT2D eigenvalue weighted by atomic mass is 16.4. The van der Waals surface area contributed by atoms with E-state index in [2.05, 4.69) is 26.6 Å². The maximum atomic E-state index is 13.9. The number of rotatable bonds is 26. The summed E-state index contributed by atoms with van der Waals surface area (Å²) in [7, 11) is 0. The van der Waals surface area contributed by atoms with Gasteiger partial charge in [-0.3, -0.25) is 43.2 Å². The van der Waals surface area contributed by atoms with Gasteiger partial charge in [-0.25, -0.2) is 0 Å². The molecule has 1 aromatic carbocycles. The van der Waals surface area contributed by atoms with E-state index in [4.69, 9.17) is 17.2 Å². The van der Waals surface area contributed by atoms with Gasteiger partial charge >= 0.3 is 17.9 Å². The number of nitrogens with two attached hydrogens (primary N) is 3. The molecule has 53 heavy (non-hydrogen) atoms. The largest absolute Gasteiger partial charge is 0.481 e. The fourth-order valence-electron chi connectivity index (χ4n) is 4.79. The van der Waals surface area contributed by atoms with E-state index in [0.29, 0.717) is 18.4 Å². The molecule has 0 saturated heterocycles. The highest BCUT2D eigenvalue weighted by molar-refractivity contribution is 5.96. The molecule has 14 N–H and O–H groups in total. The average molecular weight is 751 g/mol. The second-order valence-electron chi connectivity index (χ2n) is 12.3. The molecule has 6 unspecified atom stereocenters. The van der Waals surface area contributed by atoms with Gasteiger partial charge in [-0.05, 0) is 57.6 Å². The Hall–Kier alpha value is -5.63. The molecule has 0 aromatic heterocycles. The number of nitrogens with one attached hydrogen (secondary N) is 5. The monoisotopic (exact) mass is 750 g/mol. The van der Waals surface area contributed by atoms with Crippen LogP contribution in [0.5, 0.6) is 0 Å². The summed E-state index contributed by atoms with van der Waals surface area (Å²) >= 11 is 0. The Morgan fingerprint density at radius 2 is 1.06 bits per heavy atom. The summed E-state index contributed by atoms with van der Waals surface area (Å²) in [5, 5.41) is 39.6. The molecule has 0 aliphatic rings. The normalized spacial score (nSPS) is 14.2. The molecule has 1 rings (SSSR count). The van der Waals surface area contributed by atoms with Crippen molar-refractivity contribution in [3.63, 3.8) is 0 Å². The summed E-state index contributed by atoms with van der Waals surface area (Å²) in [6.07, 6.45) is -1.73. The standard InChI is InChI=1S/C33H50N8O12/c1-18(33(52)53)37-29(48)22(11-14-26(43)44)40-30(49)21(9-5-6-16-34)39-32(51)24(17-19-7-3-2-4-8-19)41-31(50)23(12-15-27(45)46)38-28(47)20(35)10-13-25(36)42/h2-4,7-8,18,20-24H,5-6,9-17,34-35H2,1H3,(H2,36,42)(H,37,48)(H,38,47)(H,39,51)(H,40,49)(H,41,50)(H,43,44)(H,45,46)(H,52,53). The topological polar surface area (TPSA) is 353 Å². The number of carboxylic acids is 3. The zero-order chi connectivity index (χ0) is 40.1. The van der Waals surface area contributed by atoms with Gasteiger partial charge in [0.25, 0.3) is 0 Å². The van der Waals surface area contributed by atoms with Gasteiger partial charge in [-0.2, -0.15) is 0 Å². The van der Waals surface area contributed by atoms with Gasteiger partial charge in [0.2, 0.25) is 35.4 Å². The predicted molar refractivity (Wildman–Crippen MR) is 186 cm³/mol. The Balaban J connectivity index is 3.39. The molecular weight excluding hydrogens is 700 g/mol. The zero-order valence-electron chi connectivity index (χ0n) is 29.4. The van der Waals surface area contributed by atoms with Crippen molar-refractivity contribution in [3.05, 3.63) is 35.9 Å². The van der Waals surface area contributed by atoms with E-state index in [1.54, 1.807) is 30.3 Å². The molecule has 6 atom stereocenters. The number of unbranched alkanes of at least 4 members (excludes halogenated alkanes) is 1. The highest BCUT2D eigenvalue weighted by Gasteiger charge is 2.33. The first kappa shape index (κ1) is 45.4. The van der Waals surface area contributed by atoms with Crippen molar-refractivity contribution < 1.29 is 58.5 Å². The minimum Gasteiger partial charge on any atom is -0.481 e. The van der Waals surface area contributed by atoms with Crippen LogP contribution in [0.1, 0.15) is 70.3 Å². The van der Waals surface area contributed by atoms with E-state index in [0.717, 1.165) is 0 Å². The molecule has 20 heteroatoms. The SMILES string of the molecule is CC(NC(=O)C(CCC(=O)O)NC(=O)C(CCCCN)NC(=O)C(Cc1ccccc1)NC(=O)C(CCC(=O)O)NC(=O)C(N)CCC(N)=O)C(=O)O. The van der Waals surface area contributed by atoms with E-state index >= 15 is 0 Å². The number of hydrogen-bond donors (Lipinski definition) is 11. The van der Waals surface area contributed by atoms with Gasteiger partial charge in [0.15, 0.2) is 0 Å². The number of hydrogen-bond acceptors (Lipinski definition) is 11. The Morgan fingerprint density at radius 1 is 0.604 bits per heavy atom. The molecular formula is C33H50N8O12. The maximum absolute atomic E-state index is 13.9. The van der Waals surface area contributed by atoms with E-state index in [-0.39, 0.29) is 32.2 Å². The van der Waals surface area contributed by atoms with Gasteiger partial charge in [0.05, 0.1) is 6.04 Å². The van der Waals surface area contributed by atoms with E-state index in [1.807, 2.05) is 0 Å². The second-order valence-corrected chi connectivity index (χ2v) is 12.3. The lowest BCUT2D eigenvalue weighted by atomic mass is 10.0. The highest BCUT2D eigenvalue weighted by Crippen LogP contribution is 2.10. The molecule has 1 aromatic rings. The van der Waals surface area contributed by atoms with E-state index in [9.17, 15) is 58.5 Å².